The molecule has 0 saturated carbocycles. The Balaban J connectivity index is 2.13. The number of nitrogens with zero attached hydrogens (tertiary/aromatic N) is 2. The van der Waals surface area contributed by atoms with E-state index in [4.69, 9.17) is 14.9 Å². The first-order chi connectivity index (χ1) is 12.5. The van der Waals surface area contributed by atoms with E-state index in [0.717, 1.165) is 22.3 Å². The minimum Gasteiger partial charge on any atom is -0.478 e. The monoisotopic (exact) mass is 356 g/mol. The lowest BCUT2D eigenvalue weighted by molar-refractivity contribution is 0.0512. The normalized spacial score (nSPS) is 10.3. The molecule has 7 nitrogen and oxygen atoms in total. The van der Waals surface area contributed by atoms with Crippen molar-refractivity contribution in [2.75, 3.05) is 18.5 Å². The van der Waals surface area contributed by atoms with E-state index in [1.807, 2.05) is 32.9 Å². The molecule has 1 aromatic carbocycles. The molecule has 0 aliphatic heterocycles. The summed E-state index contributed by atoms with van der Waals surface area (Å²) in [6.07, 6.45) is 1.52. The van der Waals surface area contributed by atoms with E-state index < -0.39 is 5.97 Å². The van der Waals surface area contributed by atoms with Gasteiger partial charge in [-0.15, -0.1) is 0 Å². The lowest BCUT2D eigenvalue weighted by Crippen LogP contribution is -2.12. The third kappa shape index (κ3) is 4.78. The number of carbonyl (C=O) groups excluding carboxylic acids is 1. The summed E-state index contributed by atoms with van der Waals surface area (Å²) in [5.74, 6) is 0.217. The van der Waals surface area contributed by atoms with Gasteiger partial charge in [-0.2, -0.15) is 0 Å². The topological polar surface area (TPSA) is 97.2 Å². The third-order valence-electron chi connectivity index (χ3n) is 3.81. The second kappa shape index (κ2) is 8.94. The molecule has 0 fully saturated rings. The molecular weight excluding hydrogens is 332 g/mol. The second-order valence-electron chi connectivity index (χ2n) is 5.69. The van der Waals surface area contributed by atoms with Crippen molar-refractivity contribution in [3.8, 4) is 0 Å². The van der Waals surface area contributed by atoms with Crippen LogP contribution in [-0.4, -0.2) is 35.0 Å². The summed E-state index contributed by atoms with van der Waals surface area (Å²) in [7, 11) is 0. The molecular formula is C19H24N4O3. The Morgan fingerprint density at radius 2 is 1.81 bits per heavy atom. The Morgan fingerprint density at radius 1 is 1.15 bits per heavy atom. The van der Waals surface area contributed by atoms with E-state index in [2.05, 4.69) is 15.3 Å². The summed E-state index contributed by atoms with van der Waals surface area (Å²) in [5.41, 5.74) is 3.97. The lowest BCUT2D eigenvalue weighted by Gasteiger charge is -2.14. The van der Waals surface area contributed by atoms with E-state index in [1.54, 1.807) is 13.0 Å². The molecule has 1 heterocycles. The third-order valence-corrected chi connectivity index (χ3v) is 3.81. The highest BCUT2D eigenvalue weighted by atomic mass is 16.5. The number of nitrogens with one attached hydrogen (secondary N) is 2. The molecule has 0 radical (unpaired) electrons. The zero-order valence-corrected chi connectivity index (χ0v) is 15.5. The summed E-state index contributed by atoms with van der Waals surface area (Å²) in [5, 5.41) is 11.1. The Hall–Kier alpha value is -2.96. The van der Waals surface area contributed by atoms with Crippen LogP contribution in [0, 0.1) is 19.3 Å². The summed E-state index contributed by atoms with van der Waals surface area (Å²) < 4.78 is 10.2. The summed E-state index contributed by atoms with van der Waals surface area (Å²) >= 11 is 0. The predicted molar refractivity (Wildman–Crippen MR) is 99.7 cm³/mol. The standard InChI is InChI=1S/C19H24N4O3/c1-5-25-17(20)14-9-12(3)15(13(4)10-14)11-22-16-7-8-21-18(23-16)19(24)26-6-2/h7-10,20H,5-6,11H2,1-4H3,(H,21,22,23). The number of aryl methyl sites for hydroxylation is 2. The molecule has 0 atom stereocenters. The molecule has 0 aliphatic carbocycles. The number of esters is 1. The fourth-order valence-electron chi connectivity index (χ4n) is 2.56. The van der Waals surface area contributed by atoms with E-state index in [9.17, 15) is 4.79 Å². The maximum absolute atomic E-state index is 11.7. The molecule has 0 saturated heterocycles. The van der Waals surface area contributed by atoms with E-state index >= 15 is 0 Å². The van der Waals surface area contributed by atoms with Crippen molar-refractivity contribution in [1.29, 1.82) is 5.41 Å². The van der Waals surface area contributed by atoms with Crippen LogP contribution in [0.15, 0.2) is 24.4 Å². The zero-order chi connectivity index (χ0) is 19.1. The van der Waals surface area contributed by atoms with Gasteiger partial charge in [0.2, 0.25) is 11.7 Å². The number of benzene rings is 1. The van der Waals surface area contributed by atoms with Gasteiger partial charge in [-0.25, -0.2) is 14.8 Å². The minimum atomic E-state index is -0.540. The summed E-state index contributed by atoms with van der Waals surface area (Å²) in [4.78, 5) is 19.8. The molecule has 26 heavy (non-hydrogen) atoms. The van der Waals surface area contributed by atoms with Crippen molar-refractivity contribution in [3.05, 3.63) is 52.5 Å². The summed E-state index contributed by atoms with van der Waals surface area (Å²) in [6, 6.07) is 5.57. The van der Waals surface area contributed by atoms with Gasteiger partial charge in [0.1, 0.15) is 5.82 Å². The summed E-state index contributed by atoms with van der Waals surface area (Å²) in [6.45, 7) is 8.88. The molecule has 0 unspecified atom stereocenters. The van der Waals surface area contributed by atoms with Gasteiger partial charge in [0.25, 0.3) is 0 Å². The van der Waals surface area contributed by atoms with Gasteiger partial charge in [0.15, 0.2) is 0 Å². The van der Waals surface area contributed by atoms with Crippen molar-refractivity contribution in [3.63, 3.8) is 0 Å². The first-order valence-corrected chi connectivity index (χ1v) is 8.52. The highest BCUT2D eigenvalue weighted by molar-refractivity contribution is 5.92. The molecule has 2 N–H and O–H groups in total. The average Bonchev–Trinajstić information content (AvgIpc) is 2.61. The fourth-order valence-corrected chi connectivity index (χ4v) is 2.56. The van der Waals surface area contributed by atoms with Crippen molar-refractivity contribution >= 4 is 17.7 Å². The van der Waals surface area contributed by atoms with Gasteiger partial charge >= 0.3 is 5.97 Å². The van der Waals surface area contributed by atoms with E-state index in [1.165, 1.54) is 6.20 Å². The smallest absolute Gasteiger partial charge is 0.376 e. The van der Waals surface area contributed by atoms with Gasteiger partial charge in [0, 0.05) is 18.3 Å². The van der Waals surface area contributed by atoms with Crippen LogP contribution in [0.5, 0.6) is 0 Å². The van der Waals surface area contributed by atoms with Crippen LogP contribution in [0.4, 0.5) is 5.82 Å². The SMILES string of the molecule is CCOC(=N)c1cc(C)c(CNc2ccnc(C(=O)OCC)n2)c(C)c1. The van der Waals surface area contributed by atoms with Crippen molar-refractivity contribution in [1.82, 2.24) is 9.97 Å². The predicted octanol–water partition coefficient (Wildman–Crippen LogP) is 3.24. The second-order valence-corrected chi connectivity index (χ2v) is 5.69. The van der Waals surface area contributed by atoms with Crippen LogP contribution in [0.1, 0.15) is 46.7 Å². The molecule has 138 valence electrons. The Bertz CT molecular complexity index is 782. The molecule has 0 bridgehead atoms. The molecule has 0 aliphatic rings. The highest BCUT2D eigenvalue weighted by Crippen LogP contribution is 2.19. The van der Waals surface area contributed by atoms with Crippen LogP contribution in [0.2, 0.25) is 0 Å². The number of rotatable bonds is 7. The lowest BCUT2D eigenvalue weighted by atomic mass is 9.99. The highest BCUT2D eigenvalue weighted by Gasteiger charge is 2.12. The van der Waals surface area contributed by atoms with Crippen LogP contribution < -0.4 is 5.32 Å². The molecule has 0 amide bonds. The van der Waals surface area contributed by atoms with E-state index in [0.29, 0.717) is 19.0 Å². The van der Waals surface area contributed by atoms with Gasteiger partial charge in [0.05, 0.1) is 13.2 Å². The molecule has 1 aromatic heterocycles. The van der Waals surface area contributed by atoms with Gasteiger partial charge in [-0.1, -0.05) is 0 Å². The van der Waals surface area contributed by atoms with Crippen molar-refractivity contribution < 1.29 is 14.3 Å². The number of ether oxygens (including phenoxy) is 2. The van der Waals surface area contributed by atoms with Crippen LogP contribution in [-0.2, 0) is 16.0 Å². The van der Waals surface area contributed by atoms with Crippen molar-refractivity contribution in [2.45, 2.75) is 34.2 Å². The maximum atomic E-state index is 11.7. The Morgan fingerprint density at radius 3 is 2.42 bits per heavy atom. The quantitative estimate of drug-likeness (QED) is 0.449. The Labute approximate surface area is 153 Å². The van der Waals surface area contributed by atoms with E-state index in [-0.39, 0.29) is 18.3 Å². The number of hydrogen-bond acceptors (Lipinski definition) is 7. The molecule has 7 heteroatoms. The van der Waals surface area contributed by atoms with Crippen LogP contribution >= 0.6 is 0 Å². The fraction of sp³-hybridized carbons (Fsp3) is 0.368. The van der Waals surface area contributed by atoms with Gasteiger partial charge in [-0.05, 0) is 62.6 Å². The number of hydrogen-bond donors (Lipinski definition) is 2. The average molecular weight is 356 g/mol. The molecule has 2 aromatic rings. The maximum Gasteiger partial charge on any atom is 0.376 e. The largest absolute Gasteiger partial charge is 0.478 e. The number of anilines is 1. The Kier molecular flexibility index (Phi) is 6.66. The van der Waals surface area contributed by atoms with Crippen LogP contribution in [0.25, 0.3) is 0 Å². The van der Waals surface area contributed by atoms with Crippen LogP contribution in [0.3, 0.4) is 0 Å². The van der Waals surface area contributed by atoms with Gasteiger partial charge in [-0.3, -0.25) is 5.41 Å². The van der Waals surface area contributed by atoms with Crippen molar-refractivity contribution in [2.24, 2.45) is 0 Å². The number of aromatic nitrogens is 2. The molecule has 2 rings (SSSR count). The number of carbonyl (C=O) groups is 1. The zero-order valence-electron chi connectivity index (χ0n) is 15.5. The first kappa shape index (κ1) is 19.4. The minimum absolute atomic E-state index is 0.0332. The molecule has 0 spiro atoms. The first-order valence-electron chi connectivity index (χ1n) is 8.52. The van der Waals surface area contributed by atoms with Gasteiger partial charge < -0.3 is 14.8 Å².